The molecule has 6 rings (SSSR count). The number of ether oxygens (including phenoxy) is 7. The Kier molecular flexibility index (Phi) is 21.7. The molecular formula is C56H64N4O13S. The maximum Gasteiger partial charge on any atom is 0.330 e. The van der Waals surface area contributed by atoms with Crippen LogP contribution >= 0.6 is 11.3 Å². The molecule has 392 valence electrons. The van der Waals surface area contributed by atoms with Gasteiger partial charge >= 0.3 is 35.8 Å². The fourth-order valence-corrected chi connectivity index (χ4v) is 9.62. The number of anilines is 1. The lowest BCUT2D eigenvalue weighted by Crippen LogP contribution is -2.30. The van der Waals surface area contributed by atoms with Gasteiger partial charge in [0, 0.05) is 17.7 Å². The van der Waals surface area contributed by atoms with Gasteiger partial charge in [0.25, 0.3) is 0 Å². The van der Waals surface area contributed by atoms with Crippen molar-refractivity contribution in [3.05, 3.63) is 96.6 Å². The average Bonchev–Trinajstić information content (AvgIpc) is 3.84. The van der Waals surface area contributed by atoms with Gasteiger partial charge in [0.05, 0.1) is 72.6 Å². The van der Waals surface area contributed by atoms with Crippen molar-refractivity contribution in [3.8, 4) is 29.1 Å². The molecule has 2 saturated carbocycles. The Hall–Kier alpha value is -7.39. The van der Waals surface area contributed by atoms with E-state index in [-0.39, 0.29) is 49.1 Å². The van der Waals surface area contributed by atoms with Crippen LogP contribution in [0.4, 0.5) is 5.13 Å². The van der Waals surface area contributed by atoms with Crippen molar-refractivity contribution in [2.45, 2.75) is 104 Å². The third kappa shape index (κ3) is 17.1. The lowest BCUT2D eigenvalue weighted by molar-refractivity contribution is -0.152. The first-order valence-electron chi connectivity index (χ1n) is 25.2. The van der Waals surface area contributed by atoms with E-state index in [0.717, 1.165) is 59.2 Å². The molecule has 74 heavy (non-hydrogen) atoms. The molecule has 2 aliphatic rings. The highest BCUT2D eigenvalue weighted by molar-refractivity contribution is 7.22. The molecule has 1 heterocycles. The SMILES string of the molecule is C=CC(=O)OCCCCCCOc1ccc(OC(=O)C2CCC(C(=O)Oc3ccc(OC(=O)C4CCC(C(=O)OCCCCOC(=O)C=C)CC4)c(/C=N/N(CC#N)c4nc5cc(C)cc(C)c5s4)c3)CC2)cc1. The van der Waals surface area contributed by atoms with Crippen LogP contribution in [-0.2, 0) is 43.0 Å². The van der Waals surface area contributed by atoms with E-state index in [0.29, 0.717) is 99.6 Å². The lowest BCUT2D eigenvalue weighted by Gasteiger charge is -2.26. The number of rotatable bonds is 26. The van der Waals surface area contributed by atoms with E-state index in [1.165, 1.54) is 34.7 Å². The van der Waals surface area contributed by atoms with Crippen LogP contribution in [0.25, 0.3) is 10.2 Å². The summed E-state index contributed by atoms with van der Waals surface area (Å²) < 4.78 is 39.8. The molecule has 0 amide bonds. The van der Waals surface area contributed by atoms with Crippen molar-refractivity contribution >= 4 is 68.7 Å². The summed E-state index contributed by atoms with van der Waals surface area (Å²) in [5.74, 6) is -2.89. The Labute approximate surface area is 435 Å². The van der Waals surface area contributed by atoms with Crippen molar-refractivity contribution in [1.82, 2.24) is 4.98 Å². The second-order valence-electron chi connectivity index (χ2n) is 18.3. The first-order valence-corrected chi connectivity index (χ1v) is 26.0. The van der Waals surface area contributed by atoms with Crippen LogP contribution < -0.4 is 24.0 Å². The molecule has 2 aliphatic carbocycles. The van der Waals surface area contributed by atoms with Crippen molar-refractivity contribution in [2.24, 2.45) is 28.8 Å². The average molecular weight is 1030 g/mol. The van der Waals surface area contributed by atoms with E-state index < -0.39 is 41.6 Å². The number of aromatic nitrogens is 1. The lowest BCUT2D eigenvalue weighted by atomic mass is 9.82. The Morgan fingerprint density at radius 1 is 0.649 bits per heavy atom. The minimum Gasteiger partial charge on any atom is -0.494 e. The van der Waals surface area contributed by atoms with Gasteiger partial charge in [0.2, 0.25) is 5.13 Å². The van der Waals surface area contributed by atoms with E-state index >= 15 is 0 Å². The summed E-state index contributed by atoms with van der Waals surface area (Å²) >= 11 is 1.40. The molecule has 17 nitrogen and oxygen atoms in total. The summed E-state index contributed by atoms with van der Waals surface area (Å²) in [5.41, 5.74) is 3.18. The summed E-state index contributed by atoms with van der Waals surface area (Å²) in [6, 6.07) is 17.7. The van der Waals surface area contributed by atoms with Crippen LogP contribution in [0, 0.1) is 48.9 Å². The number of carbonyl (C=O) groups is 6. The Morgan fingerprint density at radius 3 is 1.73 bits per heavy atom. The second-order valence-corrected chi connectivity index (χ2v) is 19.3. The number of carbonyl (C=O) groups excluding carboxylic acids is 6. The number of aryl methyl sites for hydroxylation is 2. The van der Waals surface area contributed by atoms with Crippen molar-refractivity contribution in [1.29, 1.82) is 5.26 Å². The molecule has 0 spiro atoms. The molecule has 0 saturated heterocycles. The third-order valence-electron chi connectivity index (χ3n) is 12.7. The van der Waals surface area contributed by atoms with Gasteiger partial charge in [0.15, 0.2) is 0 Å². The van der Waals surface area contributed by atoms with Crippen LogP contribution in [-0.4, -0.2) is 80.0 Å². The van der Waals surface area contributed by atoms with E-state index in [2.05, 4.69) is 30.4 Å². The molecule has 0 bridgehead atoms. The van der Waals surface area contributed by atoms with Crippen molar-refractivity contribution in [3.63, 3.8) is 0 Å². The summed E-state index contributed by atoms with van der Waals surface area (Å²) in [7, 11) is 0. The van der Waals surface area contributed by atoms with Gasteiger partial charge in [-0.2, -0.15) is 10.4 Å². The van der Waals surface area contributed by atoms with E-state index in [9.17, 15) is 34.0 Å². The van der Waals surface area contributed by atoms with Gasteiger partial charge in [-0.1, -0.05) is 30.6 Å². The summed E-state index contributed by atoms with van der Waals surface area (Å²) in [6.07, 6.45) is 11.6. The van der Waals surface area contributed by atoms with Gasteiger partial charge < -0.3 is 33.2 Å². The maximum atomic E-state index is 13.7. The highest BCUT2D eigenvalue weighted by atomic mass is 32.1. The van der Waals surface area contributed by atoms with Crippen LogP contribution in [0.1, 0.15) is 107 Å². The van der Waals surface area contributed by atoms with E-state index in [1.54, 1.807) is 30.3 Å². The summed E-state index contributed by atoms with van der Waals surface area (Å²) in [5, 5.41) is 16.4. The maximum absolute atomic E-state index is 13.7. The number of thiazole rings is 1. The largest absolute Gasteiger partial charge is 0.494 e. The smallest absolute Gasteiger partial charge is 0.330 e. The zero-order valence-electron chi connectivity index (χ0n) is 42.1. The fourth-order valence-electron chi connectivity index (χ4n) is 8.65. The van der Waals surface area contributed by atoms with E-state index in [1.807, 2.05) is 19.9 Å². The standard InChI is InChI=1S/C56H64N4O13S/c1-5-49(61)68-30-10-8-7-9-29-67-44-21-23-45(24-22-44)71-53(64)40-17-19-41(20-18-40)54(65)72-46-25-26-48(43(35-46)36-58-60(28-27-57)56-59-47-34-37(3)33-38(4)51(47)74-56)73-55(66)42-15-13-39(14-16-42)52(63)70-32-12-11-31-69-50(62)6-2/h5-6,21-26,33-36,39-42H,1-2,7-20,28-32H2,3-4H3/b58-36+. The highest BCUT2D eigenvalue weighted by Crippen LogP contribution is 2.36. The predicted molar refractivity (Wildman–Crippen MR) is 277 cm³/mol. The van der Waals surface area contributed by atoms with Crippen LogP contribution in [0.2, 0.25) is 0 Å². The number of hydrogen-bond donors (Lipinski definition) is 0. The molecular weight excluding hydrogens is 969 g/mol. The monoisotopic (exact) mass is 1030 g/mol. The Morgan fingerprint density at radius 2 is 1.15 bits per heavy atom. The van der Waals surface area contributed by atoms with Crippen LogP contribution in [0.15, 0.2) is 85.0 Å². The normalized spacial score (nSPS) is 17.3. The molecule has 1 aromatic heterocycles. The molecule has 18 heteroatoms. The molecule has 3 aromatic carbocycles. The van der Waals surface area contributed by atoms with Crippen molar-refractivity contribution in [2.75, 3.05) is 38.0 Å². The zero-order chi connectivity index (χ0) is 52.8. The summed E-state index contributed by atoms with van der Waals surface area (Å²) in [4.78, 5) is 80.4. The number of fused-ring (bicyclic) bond motifs is 1. The number of hydrazone groups is 1. The number of hydrogen-bond acceptors (Lipinski definition) is 18. The number of nitrogens with zero attached hydrogens (tertiary/aromatic N) is 4. The topological polar surface area (TPSA) is 219 Å². The van der Waals surface area contributed by atoms with Gasteiger partial charge in [-0.3, -0.25) is 19.2 Å². The quantitative estimate of drug-likeness (QED) is 0.00834. The Bertz CT molecular complexity index is 2680. The van der Waals surface area contributed by atoms with Crippen LogP contribution in [0.3, 0.4) is 0 Å². The molecule has 0 atom stereocenters. The van der Waals surface area contributed by atoms with Gasteiger partial charge in [-0.15, -0.1) is 0 Å². The number of benzene rings is 3. The molecule has 0 N–H and O–H groups in total. The minimum absolute atomic E-state index is 0.130. The first-order chi connectivity index (χ1) is 35.8. The summed E-state index contributed by atoms with van der Waals surface area (Å²) in [6.45, 7) is 11.9. The predicted octanol–water partition coefficient (Wildman–Crippen LogP) is 10.0. The van der Waals surface area contributed by atoms with Crippen LogP contribution in [0.5, 0.6) is 23.0 Å². The van der Waals surface area contributed by atoms with Gasteiger partial charge in [0.1, 0.15) is 29.5 Å². The molecule has 0 unspecified atom stereocenters. The highest BCUT2D eigenvalue weighted by Gasteiger charge is 2.34. The van der Waals surface area contributed by atoms with Gasteiger partial charge in [-0.05, 0) is 163 Å². The number of esters is 6. The second kappa shape index (κ2) is 28.7. The molecule has 0 radical (unpaired) electrons. The van der Waals surface area contributed by atoms with Crippen molar-refractivity contribution < 1.29 is 61.9 Å². The molecule has 4 aromatic rings. The third-order valence-corrected chi connectivity index (χ3v) is 14.0. The first kappa shape index (κ1) is 55.9. The molecule has 2 fully saturated rings. The number of unbranched alkanes of at least 4 members (excludes halogenated alkanes) is 4. The zero-order valence-corrected chi connectivity index (χ0v) is 42.9. The van der Waals surface area contributed by atoms with E-state index in [4.69, 9.17) is 38.1 Å². The van der Waals surface area contributed by atoms with Gasteiger partial charge in [-0.25, -0.2) is 19.6 Å². The minimum atomic E-state index is -0.503. The number of nitriles is 1. The Balaban J connectivity index is 1.03. The molecule has 0 aliphatic heterocycles. The fraction of sp³-hybridized carbons (Fsp3) is 0.446.